The van der Waals surface area contributed by atoms with Gasteiger partial charge in [0.05, 0.1) is 13.0 Å². The summed E-state index contributed by atoms with van der Waals surface area (Å²) in [7, 11) is 1.61. The lowest BCUT2D eigenvalue weighted by atomic mass is 10.1. The molecule has 3 N–H and O–H groups in total. The monoisotopic (exact) mass is 236 g/mol. The number of amides is 1. The molecule has 17 heavy (non-hydrogen) atoms. The lowest BCUT2D eigenvalue weighted by Crippen LogP contribution is -2.20. The molecular weight excluding hydrogens is 216 g/mol. The highest BCUT2D eigenvalue weighted by Crippen LogP contribution is 2.25. The average Bonchev–Trinajstić information content (AvgIpc) is 2.28. The predicted octanol–water partition coefficient (Wildman–Crippen LogP) is 1.53. The number of aryl methyl sites for hydroxylation is 1. The summed E-state index contributed by atoms with van der Waals surface area (Å²) in [6, 6.07) is 5.84. The fraction of sp³-hybridized carbons (Fsp3) is 0.462. The molecule has 0 spiro atoms. The smallest absolute Gasteiger partial charge is 0.223 e. The average molecular weight is 236 g/mol. The third kappa shape index (κ3) is 4.07. The zero-order valence-electron chi connectivity index (χ0n) is 10.6. The maximum absolute atomic E-state index is 11.1. The molecule has 1 unspecified atom stereocenters. The Balaban J connectivity index is 2.68. The Kier molecular flexibility index (Phi) is 4.97. The number of rotatable bonds is 5. The number of carbonyl (C=O) groups is 1. The Morgan fingerprint density at radius 1 is 1.53 bits per heavy atom. The molecule has 4 nitrogen and oxygen atoms in total. The second-order valence-electron chi connectivity index (χ2n) is 4.10. The second kappa shape index (κ2) is 6.25. The van der Waals surface area contributed by atoms with Crippen LogP contribution in [0.4, 0.5) is 0 Å². The van der Waals surface area contributed by atoms with Gasteiger partial charge in [-0.2, -0.15) is 0 Å². The van der Waals surface area contributed by atoms with Gasteiger partial charge in [-0.25, -0.2) is 0 Å². The minimum atomic E-state index is -0.0781. The minimum absolute atomic E-state index is 0.0278. The van der Waals surface area contributed by atoms with E-state index in [4.69, 9.17) is 10.5 Å². The maximum Gasteiger partial charge on any atom is 0.223 e. The van der Waals surface area contributed by atoms with Gasteiger partial charge in [0.25, 0.3) is 0 Å². The van der Waals surface area contributed by atoms with Crippen LogP contribution in [-0.2, 0) is 4.79 Å². The van der Waals surface area contributed by atoms with E-state index in [2.05, 4.69) is 5.32 Å². The van der Waals surface area contributed by atoms with Gasteiger partial charge in [0.2, 0.25) is 5.91 Å². The van der Waals surface area contributed by atoms with Crippen LogP contribution in [0.5, 0.6) is 5.75 Å². The highest BCUT2D eigenvalue weighted by molar-refractivity contribution is 5.75. The summed E-state index contributed by atoms with van der Waals surface area (Å²) in [4.78, 5) is 11.1. The fourth-order valence-corrected chi connectivity index (χ4v) is 1.52. The van der Waals surface area contributed by atoms with E-state index in [1.807, 2.05) is 32.0 Å². The minimum Gasteiger partial charge on any atom is -0.493 e. The summed E-state index contributed by atoms with van der Waals surface area (Å²) in [5.41, 5.74) is 7.94. The topological polar surface area (TPSA) is 64.3 Å². The molecule has 4 heteroatoms. The van der Waals surface area contributed by atoms with Crippen molar-refractivity contribution in [1.29, 1.82) is 0 Å². The van der Waals surface area contributed by atoms with Crippen LogP contribution >= 0.6 is 0 Å². The molecule has 0 bridgehead atoms. The van der Waals surface area contributed by atoms with E-state index < -0.39 is 0 Å². The molecule has 0 saturated carbocycles. The van der Waals surface area contributed by atoms with E-state index in [-0.39, 0.29) is 11.9 Å². The number of nitrogens with two attached hydrogens (primary N) is 1. The van der Waals surface area contributed by atoms with Gasteiger partial charge in [-0.3, -0.25) is 4.79 Å². The molecule has 0 aliphatic carbocycles. The lowest BCUT2D eigenvalue weighted by Gasteiger charge is -2.14. The van der Waals surface area contributed by atoms with Crippen LogP contribution in [0.25, 0.3) is 0 Å². The number of benzene rings is 1. The van der Waals surface area contributed by atoms with Gasteiger partial charge in [-0.15, -0.1) is 0 Å². The molecule has 0 aliphatic rings. The van der Waals surface area contributed by atoms with Gasteiger partial charge in [-0.05, 0) is 25.5 Å². The Morgan fingerprint density at radius 3 is 2.82 bits per heavy atom. The molecule has 94 valence electrons. The molecule has 1 aromatic rings. The second-order valence-corrected chi connectivity index (χ2v) is 4.10. The first-order valence-corrected chi connectivity index (χ1v) is 5.74. The quantitative estimate of drug-likeness (QED) is 0.815. The zero-order chi connectivity index (χ0) is 12.8. The molecule has 1 rings (SSSR count). The summed E-state index contributed by atoms with van der Waals surface area (Å²) < 4.78 is 5.61. The molecule has 1 amide bonds. The normalized spacial score (nSPS) is 12.0. The van der Waals surface area contributed by atoms with Crippen molar-refractivity contribution in [3.8, 4) is 5.75 Å². The van der Waals surface area contributed by atoms with Crippen molar-refractivity contribution in [2.75, 3.05) is 13.7 Å². The van der Waals surface area contributed by atoms with Crippen molar-refractivity contribution in [3.05, 3.63) is 29.3 Å². The summed E-state index contributed by atoms with van der Waals surface area (Å²) in [5.74, 6) is 0.740. The van der Waals surface area contributed by atoms with E-state index >= 15 is 0 Å². The summed E-state index contributed by atoms with van der Waals surface area (Å²) in [6.07, 6.45) is 0.350. The van der Waals surface area contributed by atoms with Crippen molar-refractivity contribution < 1.29 is 9.53 Å². The summed E-state index contributed by atoms with van der Waals surface area (Å²) in [6.45, 7) is 4.27. The third-order valence-corrected chi connectivity index (χ3v) is 2.53. The Bertz CT molecular complexity index is 389. The molecule has 1 aromatic carbocycles. The van der Waals surface area contributed by atoms with Crippen molar-refractivity contribution in [2.24, 2.45) is 5.73 Å². The molecule has 0 saturated heterocycles. The first-order chi connectivity index (χ1) is 8.04. The lowest BCUT2D eigenvalue weighted by molar-refractivity contribution is -0.121. The molecule has 1 atom stereocenters. The van der Waals surface area contributed by atoms with Crippen LogP contribution in [0.2, 0.25) is 0 Å². The van der Waals surface area contributed by atoms with Crippen LogP contribution in [0.3, 0.4) is 0 Å². The van der Waals surface area contributed by atoms with Crippen LogP contribution in [0.1, 0.15) is 30.5 Å². The molecule has 0 fully saturated rings. The van der Waals surface area contributed by atoms with Crippen LogP contribution in [0, 0.1) is 6.92 Å². The van der Waals surface area contributed by atoms with Crippen molar-refractivity contribution in [1.82, 2.24) is 5.32 Å². The standard InChI is InChI=1S/C13H20N2O2/c1-9-4-5-11(10(2)14)12(8-9)17-7-6-13(16)15-3/h4-5,8,10H,6-7,14H2,1-3H3,(H,15,16). The van der Waals surface area contributed by atoms with Crippen LogP contribution in [-0.4, -0.2) is 19.6 Å². The highest BCUT2D eigenvalue weighted by Gasteiger charge is 2.08. The van der Waals surface area contributed by atoms with Crippen molar-refractivity contribution in [2.45, 2.75) is 26.3 Å². The number of nitrogens with one attached hydrogen (secondary N) is 1. The van der Waals surface area contributed by atoms with Gasteiger partial charge >= 0.3 is 0 Å². The Labute approximate surface area is 102 Å². The third-order valence-electron chi connectivity index (χ3n) is 2.53. The summed E-state index contributed by atoms with van der Waals surface area (Å²) >= 11 is 0. The van der Waals surface area contributed by atoms with E-state index in [1.165, 1.54) is 0 Å². The zero-order valence-corrected chi connectivity index (χ0v) is 10.6. The van der Waals surface area contributed by atoms with E-state index in [1.54, 1.807) is 7.05 Å². The van der Waals surface area contributed by atoms with E-state index in [9.17, 15) is 4.79 Å². The molecule has 0 aliphatic heterocycles. The van der Waals surface area contributed by atoms with Gasteiger partial charge in [0.1, 0.15) is 5.75 Å². The van der Waals surface area contributed by atoms with Crippen molar-refractivity contribution >= 4 is 5.91 Å². The molecular formula is C13H20N2O2. The predicted molar refractivity (Wildman–Crippen MR) is 68.0 cm³/mol. The van der Waals surface area contributed by atoms with E-state index in [0.717, 1.165) is 16.9 Å². The number of hydrogen-bond donors (Lipinski definition) is 2. The SMILES string of the molecule is CNC(=O)CCOc1cc(C)ccc1C(C)N. The van der Waals surface area contributed by atoms with Gasteiger partial charge in [0, 0.05) is 18.7 Å². The van der Waals surface area contributed by atoms with Crippen LogP contribution < -0.4 is 15.8 Å². The fourth-order valence-electron chi connectivity index (χ4n) is 1.52. The first-order valence-electron chi connectivity index (χ1n) is 5.74. The Hall–Kier alpha value is -1.55. The molecule has 0 heterocycles. The first kappa shape index (κ1) is 13.5. The van der Waals surface area contributed by atoms with Crippen molar-refractivity contribution in [3.63, 3.8) is 0 Å². The van der Waals surface area contributed by atoms with Gasteiger partial charge in [0.15, 0.2) is 0 Å². The van der Waals surface area contributed by atoms with E-state index in [0.29, 0.717) is 13.0 Å². The molecule has 0 aromatic heterocycles. The highest BCUT2D eigenvalue weighted by atomic mass is 16.5. The van der Waals surface area contributed by atoms with Gasteiger partial charge in [-0.1, -0.05) is 12.1 Å². The summed E-state index contributed by atoms with van der Waals surface area (Å²) in [5, 5.41) is 2.56. The molecule has 0 radical (unpaired) electrons. The largest absolute Gasteiger partial charge is 0.493 e. The number of hydrogen-bond acceptors (Lipinski definition) is 3. The Morgan fingerprint density at radius 2 is 2.24 bits per heavy atom. The maximum atomic E-state index is 11.1. The van der Waals surface area contributed by atoms with Crippen LogP contribution in [0.15, 0.2) is 18.2 Å². The van der Waals surface area contributed by atoms with Gasteiger partial charge < -0.3 is 15.8 Å². The number of ether oxygens (including phenoxy) is 1. The number of carbonyl (C=O) groups excluding carboxylic acids is 1.